The lowest BCUT2D eigenvalue weighted by Gasteiger charge is -2.35. The number of piperazine rings is 1. The molecule has 1 aliphatic rings. The SMILES string of the molecule is C/C=C(\F)c1c[nH]c(C)c1.CCN1CCN(c2ccc(Nc3ncnc(Oc4cc(F)c5[nH]c(C)cc5c4F)c3C(C)=O)nc2)CC1.CN. The van der Waals surface area contributed by atoms with Crippen molar-refractivity contribution >= 4 is 39.8 Å². The average Bonchev–Trinajstić information content (AvgIpc) is 3.74. The smallest absolute Gasteiger partial charge is 0.235 e. The molecule has 0 amide bonds. The fraction of sp³-hybridized carbons (Fsp3) is 0.314. The van der Waals surface area contributed by atoms with Crippen LogP contribution in [0.3, 0.4) is 0 Å². The van der Waals surface area contributed by atoms with Crippen molar-refractivity contribution in [2.75, 3.05) is 50.0 Å². The standard InChI is InChI=1S/C26H27F2N7O2.C8H10FN.CH5N/c1-4-34-7-9-35(10-8-34)17-5-6-21(29-13-17)33-25-22(16(3)36)26(31-14-30-25)37-20-12-19(27)24-18(23(20)28)11-15(2)32-24;1-3-8(9)7-4-6(2)10-5-7;1-2/h5-6,11-14,32H,4,7-10H2,1-3H3,(H,29,30,31,33);3-5,10H,1-2H3;2H2,1H3/b;8-3-;. The topological polar surface area (TPSA) is 141 Å². The summed E-state index contributed by atoms with van der Waals surface area (Å²) >= 11 is 0. The summed E-state index contributed by atoms with van der Waals surface area (Å²) in [5.41, 5.74) is 7.75. The minimum Gasteiger partial charge on any atom is -0.435 e. The van der Waals surface area contributed by atoms with Gasteiger partial charge in [-0.2, -0.15) is 0 Å². The second-order valence-corrected chi connectivity index (χ2v) is 11.1. The van der Waals surface area contributed by atoms with Crippen LogP contribution in [0.1, 0.15) is 48.1 Å². The largest absolute Gasteiger partial charge is 0.435 e. The number of anilines is 3. The average molecular weight is 678 g/mol. The Kier molecular flexibility index (Phi) is 12.5. The summed E-state index contributed by atoms with van der Waals surface area (Å²) in [4.78, 5) is 35.6. The third kappa shape index (κ3) is 8.83. The normalized spacial score (nSPS) is 13.3. The number of pyridine rings is 1. The number of benzene rings is 1. The van der Waals surface area contributed by atoms with Gasteiger partial charge >= 0.3 is 0 Å². The van der Waals surface area contributed by atoms with Crippen LogP contribution in [0.15, 0.2) is 55.1 Å². The van der Waals surface area contributed by atoms with Crippen molar-refractivity contribution in [3.05, 3.63) is 89.3 Å². The Morgan fingerprint density at radius 3 is 2.39 bits per heavy atom. The van der Waals surface area contributed by atoms with E-state index >= 15 is 4.39 Å². The van der Waals surface area contributed by atoms with Gasteiger partial charge in [-0.3, -0.25) is 4.79 Å². The van der Waals surface area contributed by atoms with Gasteiger partial charge in [0.1, 0.15) is 29.4 Å². The summed E-state index contributed by atoms with van der Waals surface area (Å²) in [5.74, 6) is -2.01. The zero-order valence-corrected chi connectivity index (χ0v) is 28.5. The highest BCUT2D eigenvalue weighted by atomic mass is 19.1. The Balaban J connectivity index is 0.000000384. The number of aryl methyl sites for hydroxylation is 2. The van der Waals surface area contributed by atoms with Gasteiger partial charge in [-0.05, 0) is 65.6 Å². The van der Waals surface area contributed by atoms with E-state index in [2.05, 4.69) is 52.7 Å². The number of ether oxygens (including phenoxy) is 1. The number of nitrogens with zero attached hydrogens (tertiary/aromatic N) is 5. The number of allylic oxidation sites excluding steroid dienone is 1. The van der Waals surface area contributed by atoms with E-state index in [1.165, 1.54) is 32.4 Å². The van der Waals surface area contributed by atoms with Crippen LogP contribution in [-0.2, 0) is 0 Å². The molecule has 5 heterocycles. The predicted octanol–water partition coefficient (Wildman–Crippen LogP) is 7.05. The molecule has 49 heavy (non-hydrogen) atoms. The molecular formula is C35H42F3N9O2. The van der Waals surface area contributed by atoms with Gasteiger partial charge in [0.15, 0.2) is 23.2 Å². The monoisotopic (exact) mass is 677 g/mol. The molecular weight excluding hydrogens is 635 g/mol. The molecule has 5 N–H and O–H groups in total. The lowest BCUT2D eigenvalue weighted by Crippen LogP contribution is -2.46. The number of Topliss-reactive ketones (excluding diaryl/α,β-unsaturated/α-hetero) is 1. The molecule has 1 fully saturated rings. The third-order valence-corrected chi connectivity index (χ3v) is 7.81. The fourth-order valence-corrected chi connectivity index (χ4v) is 5.27. The van der Waals surface area contributed by atoms with E-state index in [9.17, 15) is 13.6 Å². The van der Waals surface area contributed by atoms with E-state index in [-0.39, 0.29) is 39.7 Å². The number of carbonyl (C=O) groups is 1. The van der Waals surface area contributed by atoms with Crippen LogP contribution in [0, 0.1) is 25.5 Å². The number of hydrogen-bond acceptors (Lipinski definition) is 9. The number of ketones is 1. The highest BCUT2D eigenvalue weighted by Gasteiger charge is 2.22. The molecule has 4 aromatic heterocycles. The van der Waals surface area contributed by atoms with Crippen LogP contribution in [-0.4, -0.2) is 75.4 Å². The molecule has 6 rings (SSSR count). The van der Waals surface area contributed by atoms with E-state index in [1.54, 1.807) is 38.4 Å². The molecule has 1 aliphatic heterocycles. The lowest BCUT2D eigenvalue weighted by molar-refractivity contribution is 0.101. The van der Waals surface area contributed by atoms with Crippen LogP contribution in [0.25, 0.3) is 16.7 Å². The van der Waals surface area contributed by atoms with Crippen LogP contribution in [0.4, 0.5) is 30.5 Å². The minimum absolute atomic E-state index is 0.00535. The van der Waals surface area contributed by atoms with E-state index in [4.69, 9.17) is 4.74 Å². The number of aromatic nitrogens is 5. The van der Waals surface area contributed by atoms with Gasteiger partial charge in [0.25, 0.3) is 0 Å². The first kappa shape index (κ1) is 36.6. The molecule has 0 saturated carbocycles. The second kappa shape index (κ2) is 16.8. The number of nitrogens with two attached hydrogens (primary N) is 1. The van der Waals surface area contributed by atoms with Crippen molar-refractivity contribution in [1.82, 2.24) is 29.8 Å². The van der Waals surface area contributed by atoms with E-state index < -0.39 is 17.4 Å². The number of fused-ring (bicyclic) bond motifs is 1. The Hall–Kier alpha value is -5.21. The first-order valence-corrected chi connectivity index (χ1v) is 15.8. The van der Waals surface area contributed by atoms with Crippen molar-refractivity contribution in [2.45, 2.75) is 34.6 Å². The van der Waals surface area contributed by atoms with Crippen molar-refractivity contribution in [1.29, 1.82) is 0 Å². The Morgan fingerprint density at radius 2 is 1.80 bits per heavy atom. The summed E-state index contributed by atoms with van der Waals surface area (Å²) in [6.07, 6.45) is 6.05. The van der Waals surface area contributed by atoms with E-state index in [0.29, 0.717) is 17.1 Å². The van der Waals surface area contributed by atoms with Gasteiger partial charge in [-0.25, -0.2) is 28.1 Å². The third-order valence-electron chi connectivity index (χ3n) is 7.81. The molecule has 1 saturated heterocycles. The molecule has 0 atom stereocenters. The molecule has 0 radical (unpaired) electrons. The van der Waals surface area contributed by atoms with E-state index in [0.717, 1.165) is 50.2 Å². The molecule has 0 aliphatic carbocycles. The number of carbonyl (C=O) groups excluding carboxylic acids is 1. The zero-order chi connectivity index (χ0) is 35.7. The van der Waals surface area contributed by atoms with Crippen LogP contribution >= 0.6 is 0 Å². The van der Waals surface area contributed by atoms with Crippen LogP contribution in [0.2, 0.25) is 0 Å². The van der Waals surface area contributed by atoms with Gasteiger partial charge in [0, 0.05) is 60.8 Å². The number of nitrogens with one attached hydrogen (secondary N) is 3. The number of halogens is 3. The number of likely N-dealkylation sites (N-methyl/N-ethyl adjacent to an activating group) is 1. The van der Waals surface area contributed by atoms with Crippen LogP contribution < -0.4 is 20.7 Å². The molecule has 11 nitrogen and oxygen atoms in total. The molecule has 14 heteroatoms. The molecule has 0 bridgehead atoms. The van der Waals surface area contributed by atoms with Crippen molar-refractivity contribution < 1.29 is 22.7 Å². The highest BCUT2D eigenvalue weighted by Crippen LogP contribution is 2.35. The molecule has 0 unspecified atom stereocenters. The summed E-state index contributed by atoms with van der Waals surface area (Å²) in [5, 5.41) is 3.07. The highest BCUT2D eigenvalue weighted by molar-refractivity contribution is 6.01. The summed E-state index contributed by atoms with van der Waals surface area (Å²) < 4.78 is 48.0. The molecule has 1 aromatic carbocycles. The van der Waals surface area contributed by atoms with Gasteiger partial charge < -0.3 is 35.6 Å². The number of hydrogen-bond donors (Lipinski definition) is 4. The zero-order valence-electron chi connectivity index (χ0n) is 28.5. The van der Waals surface area contributed by atoms with Crippen molar-refractivity contribution in [3.63, 3.8) is 0 Å². The Labute approximate surface area is 283 Å². The number of aromatic amines is 2. The Morgan fingerprint density at radius 1 is 1.06 bits per heavy atom. The van der Waals surface area contributed by atoms with Crippen molar-refractivity contribution in [2.24, 2.45) is 5.73 Å². The van der Waals surface area contributed by atoms with Gasteiger partial charge in [-0.15, -0.1) is 0 Å². The maximum absolute atomic E-state index is 15.1. The fourth-order valence-electron chi connectivity index (χ4n) is 5.27. The summed E-state index contributed by atoms with van der Waals surface area (Å²) in [6, 6.07) is 7.93. The summed E-state index contributed by atoms with van der Waals surface area (Å²) in [7, 11) is 1.50. The molecule has 5 aromatic rings. The van der Waals surface area contributed by atoms with Gasteiger partial charge in [-0.1, -0.05) is 13.0 Å². The number of rotatable bonds is 8. The predicted molar refractivity (Wildman–Crippen MR) is 187 cm³/mol. The second-order valence-electron chi connectivity index (χ2n) is 11.1. The lowest BCUT2D eigenvalue weighted by atomic mass is 10.2. The van der Waals surface area contributed by atoms with Gasteiger partial charge in [0.2, 0.25) is 5.88 Å². The number of H-pyrrole nitrogens is 2. The first-order chi connectivity index (χ1) is 23.6. The van der Waals surface area contributed by atoms with Crippen LogP contribution in [0.5, 0.6) is 11.6 Å². The Bertz CT molecular complexity index is 1900. The minimum atomic E-state index is -0.764. The van der Waals surface area contributed by atoms with Gasteiger partial charge in [0.05, 0.1) is 17.4 Å². The summed E-state index contributed by atoms with van der Waals surface area (Å²) in [6.45, 7) is 13.6. The molecule has 0 spiro atoms. The first-order valence-electron chi connectivity index (χ1n) is 15.8. The molecule has 260 valence electrons. The van der Waals surface area contributed by atoms with E-state index in [1.807, 2.05) is 13.0 Å². The maximum Gasteiger partial charge on any atom is 0.235 e. The quantitative estimate of drug-likeness (QED) is 0.127. The van der Waals surface area contributed by atoms with Crippen molar-refractivity contribution in [3.8, 4) is 11.6 Å². The maximum atomic E-state index is 15.1.